The maximum Gasteiger partial charge on any atom is 0.156 e. The monoisotopic (exact) mass is 285 g/mol. The Labute approximate surface area is 125 Å². The number of rotatable bonds is 3. The molecule has 0 radical (unpaired) electrons. The molecule has 2 aliphatic heterocycles. The lowest BCUT2D eigenvalue weighted by molar-refractivity contribution is 0.348. The second-order valence-corrected chi connectivity index (χ2v) is 6.41. The summed E-state index contributed by atoms with van der Waals surface area (Å²) >= 11 is 0. The molecule has 0 saturated carbocycles. The predicted molar refractivity (Wildman–Crippen MR) is 84.5 cm³/mol. The lowest BCUT2D eigenvalue weighted by Gasteiger charge is -2.38. The van der Waals surface area contributed by atoms with Crippen LogP contribution in [0.4, 0.5) is 5.82 Å². The number of hydrogen-bond donors (Lipinski definition) is 1. The largest absolute Gasteiger partial charge is 0.352 e. The van der Waals surface area contributed by atoms with E-state index in [1.807, 2.05) is 25.6 Å². The van der Waals surface area contributed by atoms with Crippen LogP contribution in [0, 0.1) is 0 Å². The molecule has 2 aromatic heterocycles. The lowest BCUT2D eigenvalue weighted by Crippen LogP contribution is -2.48. The Kier molecular flexibility index (Phi) is 3.10. The van der Waals surface area contributed by atoms with Gasteiger partial charge in [0.15, 0.2) is 5.82 Å². The van der Waals surface area contributed by atoms with E-state index in [1.165, 1.54) is 25.7 Å². The number of nitrogens with one attached hydrogen (secondary N) is 1. The fourth-order valence-electron chi connectivity index (χ4n) is 4.12. The van der Waals surface area contributed by atoms with E-state index in [-0.39, 0.29) is 0 Å². The minimum absolute atomic E-state index is 0.592. The first-order valence-electron chi connectivity index (χ1n) is 8.05. The molecule has 112 valence electrons. The zero-order chi connectivity index (χ0) is 14.4. The topological polar surface area (TPSA) is 46.0 Å². The van der Waals surface area contributed by atoms with Gasteiger partial charge in [-0.15, -0.1) is 0 Å². The van der Waals surface area contributed by atoms with Gasteiger partial charge < -0.3 is 14.8 Å². The molecule has 2 atom stereocenters. The van der Waals surface area contributed by atoms with E-state index in [0.29, 0.717) is 18.1 Å². The third kappa shape index (κ3) is 2.11. The summed E-state index contributed by atoms with van der Waals surface area (Å²) in [6.45, 7) is 3.22. The maximum atomic E-state index is 4.67. The van der Waals surface area contributed by atoms with Gasteiger partial charge in [-0.3, -0.25) is 0 Å². The van der Waals surface area contributed by atoms with E-state index in [1.54, 1.807) is 0 Å². The summed E-state index contributed by atoms with van der Waals surface area (Å²) in [5.41, 5.74) is 2.20. The minimum atomic E-state index is 0.592. The molecule has 4 heterocycles. The van der Waals surface area contributed by atoms with Crippen LogP contribution < -0.4 is 10.2 Å². The number of hydrogen-bond acceptors (Lipinski definition) is 4. The molecule has 5 nitrogen and oxygen atoms in total. The van der Waals surface area contributed by atoms with Crippen LogP contribution in [-0.4, -0.2) is 39.2 Å². The number of aryl methyl sites for hydroxylation is 1. The molecule has 2 fully saturated rings. The summed E-state index contributed by atoms with van der Waals surface area (Å²) in [5, 5.41) is 3.73. The smallest absolute Gasteiger partial charge is 0.156 e. The van der Waals surface area contributed by atoms with Crippen LogP contribution in [0.1, 0.15) is 32.6 Å². The minimum Gasteiger partial charge on any atom is -0.352 e. The molecular formula is C16H23N5. The van der Waals surface area contributed by atoms with Crippen molar-refractivity contribution in [3.63, 3.8) is 0 Å². The van der Waals surface area contributed by atoms with Crippen LogP contribution in [0.2, 0.25) is 0 Å². The second-order valence-electron chi connectivity index (χ2n) is 6.41. The molecule has 2 bridgehead atoms. The van der Waals surface area contributed by atoms with Crippen molar-refractivity contribution >= 4 is 16.9 Å². The van der Waals surface area contributed by atoms with Gasteiger partial charge in [-0.2, -0.15) is 0 Å². The molecular weight excluding hydrogens is 262 g/mol. The van der Waals surface area contributed by atoms with Crippen molar-refractivity contribution in [3.8, 4) is 0 Å². The fraction of sp³-hybridized carbons (Fsp3) is 0.625. The average molecular weight is 285 g/mol. The standard InChI is InChI=1S/C16H23N5/c1-3-21(13-8-11-4-5-12(9-13)19-11)16-15-14(6-7-17-16)20(2)10-18-15/h6-7,10-13,19H,3-5,8-9H2,1-2H3. The van der Waals surface area contributed by atoms with E-state index in [2.05, 4.69) is 31.7 Å². The first-order chi connectivity index (χ1) is 10.3. The SMILES string of the molecule is CCN(c1nccc2c1ncn2C)C1CC2CCC(C1)N2. The molecule has 2 aliphatic rings. The quantitative estimate of drug-likeness (QED) is 0.938. The molecule has 1 N–H and O–H groups in total. The molecule has 21 heavy (non-hydrogen) atoms. The molecule has 4 rings (SSSR count). The number of fused-ring (bicyclic) bond motifs is 3. The van der Waals surface area contributed by atoms with E-state index in [4.69, 9.17) is 0 Å². The van der Waals surface area contributed by atoms with Crippen molar-refractivity contribution in [1.82, 2.24) is 19.9 Å². The highest BCUT2D eigenvalue weighted by atomic mass is 15.2. The first kappa shape index (κ1) is 13.1. The molecule has 5 heteroatoms. The molecule has 0 aliphatic carbocycles. The van der Waals surface area contributed by atoms with Gasteiger partial charge in [0.1, 0.15) is 5.52 Å². The molecule has 2 unspecified atom stereocenters. The van der Waals surface area contributed by atoms with Crippen LogP contribution in [0.5, 0.6) is 0 Å². The third-order valence-corrected chi connectivity index (χ3v) is 5.13. The van der Waals surface area contributed by atoms with Gasteiger partial charge in [-0.25, -0.2) is 9.97 Å². The summed E-state index contributed by atoms with van der Waals surface area (Å²) in [4.78, 5) is 11.7. The normalized spacial score (nSPS) is 28.2. The summed E-state index contributed by atoms with van der Waals surface area (Å²) < 4.78 is 2.07. The predicted octanol–water partition coefficient (Wildman–Crippen LogP) is 2.08. The van der Waals surface area contributed by atoms with E-state index in [0.717, 1.165) is 23.4 Å². The van der Waals surface area contributed by atoms with Crippen molar-refractivity contribution in [1.29, 1.82) is 0 Å². The van der Waals surface area contributed by atoms with Crippen LogP contribution in [0.25, 0.3) is 11.0 Å². The number of imidazole rings is 1. The zero-order valence-electron chi connectivity index (χ0n) is 12.8. The van der Waals surface area contributed by atoms with Crippen LogP contribution in [-0.2, 0) is 7.05 Å². The van der Waals surface area contributed by atoms with Crippen LogP contribution >= 0.6 is 0 Å². The van der Waals surface area contributed by atoms with Crippen molar-refractivity contribution < 1.29 is 0 Å². The van der Waals surface area contributed by atoms with E-state index < -0.39 is 0 Å². The highest BCUT2D eigenvalue weighted by molar-refractivity contribution is 5.86. The van der Waals surface area contributed by atoms with Crippen molar-refractivity contribution in [2.45, 2.75) is 50.7 Å². The van der Waals surface area contributed by atoms with Crippen LogP contribution in [0.3, 0.4) is 0 Å². The Morgan fingerprint density at radius 2 is 2.05 bits per heavy atom. The summed E-state index contributed by atoms with van der Waals surface area (Å²) in [7, 11) is 2.04. The van der Waals surface area contributed by atoms with Crippen molar-refractivity contribution in [2.24, 2.45) is 7.05 Å². The Morgan fingerprint density at radius 3 is 2.76 bits per heavy atom. The highest BCUT2D eigenvalue weighted by Gasteiger charge is 2.36. The highest BCUT2D eigenvalue weighted by Crippen LogP contribution is 2.33. The molecule has 2 aromatic rings. The van der Waals surface area contributed by atoms with Gasteiger partial charge in [-0.1, -0.05) is 0 Å². The zero-order valence-corrected chi connectivity index (χ0v) is 12.8. The number of piperidine rings is 1. The summed E-state index contributed by atoms with van der Waals surface area (Å²) in [5.74, 6) is 1.06. The van der Waals surface area contributed by atoms with E-state index in [9.17, 15) is 0 Å². The fourth-order valence-corrected chi connectivity index (χ4v) is 4.12. The van der Waals surface area contributed by atoms with Gasteiger partial charge in [0.2, 0.25) is 0 Å². The van der Waals surface area contributed by atoms with Crippen LogP contribution in [0.15, 0.2) is 18.6 Å². The summed E-state index contributed by atoms with van der Waals surface area (Å²) in [6, 6.07) is 4.04. The van der Waals surface area contributed by atoms with Gasteiger partial charge in [0.25, 0.3) is 0 Å². The number of pyridine rings is 1. The molecule has 0 aromatic carbocycles. The van der Waals surface area contributed by atoms with Crippen molar-refractivity contribution in [2.75, 3.05) is 11.4 Å². The Morgan fingerprint density at radius 1 is 1.29 bits per heavy atom. The van der Waals surface area contributed by atoms with Gasteiger partial charge >= 0.3 is 0 Å². The van der Waals surface area contributed by atoms with Gasteiger partial charge in [0.05, 0.1) is 11.8 Å². The van der Waals surface area contributed by atoms with Crippen molar-refractivity contribution in [3.05, 3.63) is 18.6 Å². The van der Waals surface area contributed by atoms with Gasteiger partial charge in [0, 0.05) is 37.9 Å². The second kappa shape index (κ2) is 4.98. The number of anilines is 1. The lowest BCUT2D eigenvalue weighted by atomic mass is 9.98. The number of nitrogens with zero attached hydrogens (tertiary/aromatic N) is 4. The molecule has 2 saturated heterocycles. The molecule has 0 amide bonds. The van der Waals surface area contributed by atoms with Gasteiger partial charge in [-0.05, 0) is 38.7 Å². The third-order valence-electron chi connectivity index (χ3n) is 5.13. The Bertz CT molecular complexity index is 637. The first-order valence-corrected chi connectivity index (χ1v) is 8.05. The average Bonchev–Trinajstić information content (AvgIpc) is 3.04. The van der Waals surface area contributed by atoms with E-state index >= 15 is 0 Å². The maximum absolute atomic E-state index is 4.67. The Hall–Kier alpha value is -1.62. The summed E-state index contributed by atoms with van der Waals surface area (Å²) in [6.07, 6.45) is 8.93. The Balaban J connectivity index is 1.71. The number of aromatic nitrogens is 3. The molecule has 0 spiro atoms.